The molecule has 0 bridgehead atoms. The number of carbonyl (C=O) groups is 3. The Kier molecular flexibility index (Phi) is 6.03. The third kappa shape index (κ3) is 4.61. The predicted molar refractivity (Wildman–Crippen MR) is 106 cm³/mol. The highest BCUT2D eigenvalue weighted by Crippen LogP contribution is 2.30. The molecule has 140 valence electrons. The van der Waals surface area contributed by atoms with Gasteiger partial charge in [-0.1, -0.05) is 17.7 Å². The van der Waals surface area contributed by atoms with Gasteiger partial charge in [0.2, 0.25) is 17.7 Å². The summed E-state index contributed by atoms with van der Waals surface area (Å²) in [7, 11) is 1.54. The zero-order chi connectivity index (χ0) is 19.4. The highest BCUT2D eigenvalue weighted by Gasteiger charge is 2.40. The number of rotatable bonds is 6. The molecular weight excluding hydrogens is 388 g/mol. The van der Waals surface area contributed by atoms with Crippen molar-refractivity contribution >= 4 is 52.5 Å². The fourth-order valence-corrected chi connectivity index (χ4v) is 3.80. The molecule has 0 unspecified atom stereocenters. The number of anilines is 2. The Balaban J connectivity index is 1.58. The van der Waals surface area contributed by atoms with Crippen molar-refractivity contribution in [1.29, 1.82) is 0 Å². The number of amides is 3. The van der Waals surface area contributed by atoms with Crippen LogP contribution in [0.2, 0.25) is 5.02 Å². The van der Waals surface area contributed by atoms with Gasteiger partial charge in [0.1, 0.15) is 5.75 Å². The van der Waals surface area contributed by atoms with E-state index in [1.54, 1.807) is 55.6 Å². The Morgan fingerprint density at radius 1 is 1.26 bits per heavy atom. The number of methoxy groups -OCH3 is 1. The van der Waals surface area contributed by atoms with Crippen LogP contribution in [0.15, 0.2) is 48.5 Å². The number of ether oxygens (including phenoxy) is 1. The van der Waals surface area contributed by atoms with E-state index in [4.69, 9.17) is 16.3 Å². The van der Waals surface area contributed by atoms with Crippen LogP contribution in [0.25, 0.3) is 0 Å². The Hall–Kier alpha value is -2.51. The van der Waals surface area contributed by atoms with Crippen molar-refractivity contribution in [2.75, 3.05) is 23.1 Å². The van der Waals surface area contributed by atoms with Gasteiger partial charge < -0.3 is 10.1 Å². The number of hydrogen-bond donors (Lipinski definition) is 1. The summed E-state index contributed by atoms with van der Waals surface area (Å²) in [5, 5.41) is 2.66. The molecule has 0 aromatic heterocycles. The lowest BCUT2D eigenvalue weighted by Crippen LogP contribution is -2.31. The van der Waals surface area contributed by atoms with Gasteiger partial charge in [-0.15, -0.1) is 11.8 Å². The minimum Gasteiger partial charge on any atom is -0.497 e. The number of benzene rings is 2. The van der Waals surface area contributed by atoms with Crippen molar-refractivity contribution < 1.29 is 19.1 Å². The quantitative estimate of drug-likeness (QED) is 0.747. The van der Waals surface area contributed by atoms with Gasteiger partial charge >= 0.3 is 0 Å². The lowest BCUT2D eigenvalue weighted by molar-refractivity contribution is -0.121. The number of nitrogens with zero attached hydrogens (tertiary/aromatic N) is 1. The molecule has 0 radical (unpaired) electrons. The van der Waals surface area contributed by atoms with Crippen LogP contribution in [-0.4, -0.2) is 35.8 Å². The van der Waals surface area contributed by atoms with Gasteiger partial charge in [-0.05, 0) is 42.5 Å². The van der Waals surface area contributed by atoms with E-state index < -0.39 is 5.25 Å². The molecule has 1 saturated heterocycles. The normalized spacial score (nSPS) is 16.5. The monoisotopic (exact) mass is 404 g/mol. The molecule has 27 heavy (non-hydrogen) atoms. The minimum absolute atomic E-state index is 0.0622. The summed E-state index contributed by atoms with van der Waals surface area (Å²) in [6.07, 6.45) is 0.0694. The number of thioether (sulfide) groups is 1. The molecule has 6 nitrogen and oxygen atoms in total. The second-order valence-corrected chi connectivity index (χ2v) is 7.46. The molecule has 0 aliphatic carbocycles. The SMILES string of the molecule is COc1ccc(N2C(=O)C[C@@H](SCC(=O)Nc3cccc(Cl)c3)C2=O)cc1. The van der Waals surface area contributed by atoms with Gasteiger partial charge in [-0.3, -0.25) is 14.4 Å². The third-order valence-corrected chi connectivity index (χ3v) is 5.39. The summed E-state index contributed by atoms with van der Waals surface area (Å²) in [6.45, 7) is 0. The standard InChI is InChI=1S/C19H17ClN2O4S/c1-26-15-7-5-14(6-8-15)22-18(24)10-16(19(22)25)27-11-17(23)21-13-4-2-3-12(20)9-13/h2-9,16H,10-11H2,1H3,(H,21,23)/t16-/m1/s1. The van der Waals surface area contributed by atoms with Crippen LogP contribution in [0.3, 0.4) is 0 Å². The number of hydrogen-bond acceptors (Lipinski definition) is 5. The fourth-order valence-electron chi connectivity index (χ4n) is 2.68. The van der Waals surface area contributed by atoms with Gasteiger partial charge in [-0.2, -0.15) is 0 Å². The summed E-state index contributed by atoms with van der Waals surface area (Å²) >= 11 is 7.04. The van der Waals surface area contributed by atoms with Crippen LogP contribution in [0, 0.1) is 0 Å². The van der Waals surface area contributed by atoms with E-state index in [1.807, 2.05) is 0 Å². The lowest BCUT2D eigenvalue weighted by Gasteiger charge is -2.15. The van der Waals surface area contributed by atoms with E-state index in [0.717, 1.165) is 16.7 Å². The van der Waals surface area contributed by atoms with E-state index in [2.05, 4.69) is 5.32 Å². The molecular formula is C19H17ClN2O4S. The number of halogens is 1. The van der Waals surface area contributed by atoms with Gasteiger partial charge in [-0.25, -0.2) is 4.90 Å². The molecule has 1 aliphatic heterocycles. The molecule has 0 spiro atoms. The first-order valence-corrected chi connectivity index (χ1v) is 9.58. The van der Waals surface area contributed by atoms with Crippen LogP contribution in [0.4, 0.5) is 11.4 Å². The lowest BCUT2D eigenvalue weighted by atomic mass is 10.3. The van der Waals surface area contributed by atoms with Gasteiger partial charge in [0.05, 0.1) is 23.8 Å². The van der Waals surface area contributed by atoms with Crippen LogP contribution >= 0.6 is 23.4 Å². The predicted octanol–water partition coefficient (Wildman–Crippen LogP) is 3.35. The maximum Gasteiger partial charge on any atom is 0.247 e. The smallest absolute Gasteiger partial charge is 0.247 e. The Morgan fingerprint density at radius 2 is 2.00 bits per heavy atom. The second kappa shape index (κ2) is 8.45. The van der Waals surface area contributed by atoms with Crippen LogP contribution in [0.5, 0.6) is 5.75 Å². The molecule has 1 aliphatic rings. The average Bonchev–Trinajstić information content (AvgIpc) is 2.94. The van der Waals surface area contributed by atoms with Gasteiger partial charge in [0, 0.05) is 17.1 Å². The van der Waals surface area contributed by atoms with E-state index in [0.29, 0.717) is 22.1 Å². The summed E-state index contributed by atoms with van der Waals surface area (Å²) in [6, 6.07) is 13.5. The van der Waals surface area contributed by atoms with Gasteiger partial charge in [0.25, 0.3) is 0 Å². The molecule has 0 saturated carbocycles. The van der Waals surface area contributed by atoms with Crippen molar-refractivity contribution in [1.82, 2.24) is 0 Å². The Bertz CT molecular complexity index is 872. The van der Waals surface area contributed by atoms with E-state index in [-0.39, 0.29) is 29.9 Å². The zero-order valence-corrected chi connectivity index (χ0v) is 16.0. The number of carbonyl (C=O) groups excluding carboxylic acids is 3. The summed E-state index contributed by atoms with van der Waals surface area (Å²) in [4.78, 5) is 38.1. The van der Waals surface area contributed by atoms with E-state index in [9.17, 15) is 14.4 Å². The summed E-state index contributed by atoms with van der Waals surface area (Å²) in [5.74, 6) is -0.150. The number of nitrogens with one attached hydrogen (secondary N) is 1. The molecule has 2 aromatic rings. The number of imide groups is 1. The Labute approximate surface area is 165 Å². The molecule has 3 amide bonds. The first kappa shape index (κ1) is 19.3. The van der Waals surface area contributed by atoms with Crippen molar-refractivity contribution in [2.45, 2.75) is 11.7 Å². The largest absolute Gasteiger partial charge is 0.497 e. The van der Waals surface area contributed by atoms with Crippen LogP contribution in [-0.2, 0) is 14.4 Å². The Morgan fingerprint density at radius 3 is 2.67 bits per heavy atom. The van der Waals surface area contributed by atoms with Gasteiger partial charge in [0.15, 0.2) is 0 Å². The molecule has 2 aromatic carbocycles. The maximum absolute atomic E-state index is 12.6. The molecule has 1 atom stereocenters. The molecule has 1 heterocycles. The minimum atomic E-state index is -0.579. The van der Waals surface area contributed by atoms with Crippen molar-refractivity contribution in [3.05, 3.63) is 53.6 Å². The summed E-state index contributed by atoms with van der Waals surface area (Å²) < 4.78 is 5.08. The van der Waals surface area contributed by atoms with Crippen molar-refractivity contribution in [2.24, 2.45) is 0 Å². The second-order valence-electron chi connectivity index (χ2n) is 5.83. The maximum atomic E-state index is 12.6. The highest BCUT2D eigenvalue weighted by molar-refractivity contribution is 8.01. The molecule has 1 N–H and O–H groups in total. The average molecular weight is 405 g/mol. The summed E-state index contributed by atoms with van der Waals surface area (Å²) in [5.41, 5.74) is 1.08. The molecule has 1 fully saturated rings. The van der Waals surface area contributed by atoms with Crippen molar-refractivity contribution in [3.63, 3.8) is 0 Å². The molecule has 3 rings (SSSR count). The fraction of sp³-hybridized carbons (Fsp3) is 0.211. The van der Waals surface area contributed by atoms with E-state index in [1.165, 1.54) is 0 Å². The van der Waals surface area contributed by atoms with Crippen LogP contribution < -0.4 is 15.0 Å². The first-order valence-electron chi connectivity index (χ1n) is 8.16. The topological polar surface area (TPSA) is 75.7 Å². The van der Waals surface area contributed by atoms with Crippen molar-refractivity contribution in [3.8, 4) is 5.75 Å². The zero-order valence-electron chi connectivity index (χ0n) is 14.5. The highest BCUT2D eigenvalue weighted by atomic mass is 35.5. The third-order valence-electron chi connectivity index (χ3n) is 3.96. The first-order chi connectivity index (χ1) is 13.0. The molecule has 8 heteroatoms. The van der Waals surface area contributed by atoms with Crippen LogP contribution in [0.1, 0.15) is 6.42 Å². The van der Waals surface area contributed by atoms with E-state index >= 15 is 0 Å².